The Morgan fingerprint density at radius 2 is 1.65 bits per heavy atom. The first kappa shape index (κ1) is 24.1. The molecule has 0 N–H and O–H groups in total. The first-order valence-electron chi connectivity index (χ1n) is 11.3. The highest BCUT2D eigenvalue weighted by molar-refractivity contribution is 5.94. The highest BCUT2D eigenvalue weighted by Crippen LogP contribution is 2.34. The minimum atomic E-state index is -4.70. The summed E-state index contributed by atoms with van der Waals surface area (Å²) in [7, 11) is 0. The van der Waals surface area contributed by atoms with Crippen LogP contribution in [0.2, 0.25) is 0 Å². The van der Waals surface area contributed by atoms with Crippen LogP contribution >= 0.6 is 0 Å². The Kier molecular flexibility index (Phi) is 5.94. The quantitative estimate of drug-likeness (QED) is 0.308. The second kappa shape index (κ2) is 9.12. The lowest BCUT2D eigenvalue weighted by molar-refractivity contribution is -0.141. The molecule has 0 atom stereocenters. The van der Waals surface area contributed by atoms with Gasteiger partial charge >= 0.3 is 11.9 Å². The third kappa shape index (κ3) is 4.53. The molecule has 7 nitrogen and oxygen atoms in total. The molecule has 37 heavy (non-hydrogen) atoms. The zero-order valence-corrected chi connectivity index (χ0v) is 19.8. The van der Waals surface area contributed by atoms with E-state index in [2.05, 4.69) is 15.1 Å². The van der Waals surface area contributed by atoms with Crippen molar-refractivity contribution in [3.05, 3.63) is 106 Å². The molecule has 4 heterocycles. The fourth-order valence-corrected chi connectivity index (χ4v) is 4.20. The van der Waals surface area contributed by atoms with E-state index in [4.69, 9.17) is 0 Å². The van der Waals surface area contributed by atoms with E-state index in [1.165, 1.54) is 4.40 Å². The summed E-state index contributed by atoms with van der Waals surface area (Å²) < 4.78 is 41.9. The molecule has 5 aromatic rings. The summed E-state index contributed by atoms with van der Waals surface area (Å²) in [6.45, 7) is 2.90. The molecule has 4 aromatic heterocycles. The number of fused-ring (bicyclic) bond motifs is 1. The van der Waals surface area contributed by atoms with Gasteiger partial charge in [-0.15, -0.1) is 5.10 Å². The van der Waals surface area contributed by atoms with Crippen LogP contribution in [0.15, 0.2) is 78.0 Å². The predicted octanol–water partition coefficient (Wildman–Crippen LogP) is 5.20. The van der Waals surface area contributed by atoms with Gasteiger partial charge in [-0.3, -0.25) is 9.78 Å². The summed E-state index contributed by atoms with van der Waals surface area (Å²) >= 11 is 0. The second-order valence-electron chi connectivity index (χ2n) is 8.60. The Hall–Kier alpha value is -4.60. The first-order chi connectivity index (χ1) is 17.6. The molecule has 0 amide bonds. The topological polar surface area (TPSA) is 82.2 Å². The van der Waals surface area contributed by atoms with Gasteiger partial charge in [0, 0.05) is 36.6 Å². The molecule has 0 saturated carbocycles. The second-order valence-corrected chi connectivity index (χ2v) is 8.60. The molecule has 186 valence electrons. The molecule has 1 aromatic carbocycles. The van der Waals surface area contributed by atoms with E-state index in [0.29, 0.717) is 11.2 Å². The molecule has 0 aliphatic heterocycles. The van der Waals surface area contributed by atoms with Gasteiger partial charge in [0.15, 0.2) is 11.4 Å². The highest BCUT2D eigenvalue weighted by Gasteiger charge is 2.33. The van der Waals surface area contributed by atoms with E-state index in [9.17, 15) is 22.8 Å². The first-order valence-corrected chi connectivity index (χ1v) is 11.3. The molecular formula is C27H20F3N5O2. The van der Waals surface area contributed by atoms with E-state index in [-0.39, 0.29) is 17.8 Å². The Morgan fingerprint density at radius 1 is 0.946 bits per heavy atom. The summed E-state index contributed by atoms with van der Waals surface area (Å²) in [5.74, 6) is -0.642. The molecule has 0 radical (unpaired) electrons. The van der Waals surface area contributed by atoms with Gasteiger partial charge in [-0.2, -0.15) is 13.2 Å². The van der Waals surface area contributed by atoms with Gasteiger partial charge in [0.05, 0.1) is 6.54 Å². The maximum absolute atomic E-state index is 13.3. The highest BCUT2D eigenvalue weighted by atomic mass is 19.4. The fourth-order valence-electron chi connectivity index (χ4n) is 4.20. The molecular weight excluding hydrogens is 483 g/mol. The number of halogens is 3. The van der Waals surface area contributed by atoms with Crippen LogP contribution in [0.4, 0.5) is 13.2 Å². The van der Waals surface area contributed by atoms with Crippen LogP contribution in [0.5, 0.6) is 0 Å². The number of carbonyl (C=O) groups is 1. The number of pyridine rings is 3. The monoisotopic (exact) mass is 503 g/mol. The lowest BCUT2D eigenvalue weighted by Gasteiger charge is -2.11. The van der Waals surface area contributed by atoms with Gasteiger partial charge in [-0.25, -0.2) is 18.9 Å². The summed E-state index contributed by atoms with van der Waals surface area (Å²) in [5.41, 5.74) is 2.84. The predicted molar refractivity (Wildman–Crippen MR) is 131 cm³/mol. The normalized spacial score (nSPS) is 11.7. The smallest absolute Gasteiger partial charge is 0.293 e. The van der Waals surface area contributed by atoms with Crippen LogP contribution in [-0.2, 0) is 12.7 Å². The van der Waals surface area contributed by atoms with E-state index in [0.717, 1.165) is 46.0 Å². The van der Waals surface area contributed by atoms with Crippen LogP contribution in [0.3, 0.4) is 0 Å². The van der Waals surface area contributed by atoms with Gasteiger partial charge in [-0.05, 0) is 47.9 Å². The minimum Gasteiger partial charge on any atom is -0.293 e. The van der Waals surface area contributed by atoms with Crippen LogP contribution in [0.25, 0.3) is 27.9 Å². The fraction of sp³-hybridized carbons (Fsp3) is 0.148. The average Bonchev–Trinajstić information content (AvgIpc) is 3.19. The summed E-state index contributed by atoms with van der Waals surface area (Å²) in [6, 6.07) is 15.3. The lowest BCUT2D eigenvalue weighted by Crippen LogP contribution is -2.23. The number of benzene rings is 1. The van der Waals surface area contributed by atoms with Gasteiger partial charge in [0.25, 0.3) is 0 Å². The zero-order chi connectivity index (χ0) is 26.3. The van der Waals surface area contributed by atoms with Crippen molar-refractivity contribution < 1.29 is 18.0 Å². The standard InChI is InChI=1S/C27H20F3N5O2/c1-16-3-5-18(6-4-16)21-11-14-34-25(23(21)19-9-12-31-13-10-19)33-35(26(34)37)15-20-7-8-22(27(28,29)30)32-24(20)17(2)36/h3-14H,15H2,1-2H3. The number of hydrogen-bond acceptors (Lipinski definition) is 5. The minimum absolute atomic E-state index is 0.162. The lowest BCUT2D eigenvalue weighted by atomic mass is 9.96. The SMILES string of the molecule is CC(=O)c1nc(C(F)(F)F)ccc1Cn1nc2c(-c3ccncc3)c(-c3ccc(C)cc3)ccn2c1=O. The van der Waals surface area contributed by atoms with Crippen LogP contribution in [-0.4, -0.2) is 29.9 Å². The van der Waals surface area contributed by atoms with Gasteiger partial charge in [-0.1, -0.05) is 35.9 Å². The van der Waals surface area contributed by atoms with Gasteiger partial charge < -0.3 is 0 Å². The zero-order valence-electron chi connectivity index (χ0n) is 19.8. The number of carbonyl (C=O) groups excluding carboxylic acids is 1. The van der Waals surface area contributed by atoms with Crippen molar-refractivity contribution in [1.82, 2.24) is 24.1 Å². The summed E-state index contributed by atoms with van der Waals surface area (Å²) in [4.78, 5) is 33.0. The van der Waals surface area contributed by atoms with Crippen molar-refractivity contribution in [2.75, 3.05) is 0 Å². The maximum Gasteiger partial charge on any atom is 0.433 e. The number of hydrogen-bond donors (Lipinski definition) is 0. The Labute approximate surface area is 208 Å². The van der Waals surface area contributed by atoms with Gasteiger partial charge in [0.1, 0.15) is 11.4 Å². The van der Waals surface area contributed by atoms with Gasteiger partial charge in [0.2, 0.25) is 0 Å². The number of Topliss-reactive ketones (excluding diaryl/α,β-unsaturated/α-hetero) is 1. The van der Waals surface area contributed by atoms with E-state index >= 15 is 0 Å². The number of aromatic nitrogens is 5. The number of alkyl halides is 3. The van der Waals surface area contributed by atoms with E-state index in [1.54, 1.807) is 18.6 Å². The molecule has 10 heteroatoms. The Balaban J connectivity index is 1.69. The maximum atomic E-state index is 13.3. The van der Waals surface area contributed by atoms with Crippen molar-refractivity contribution in [1.29, 1.82) is 0 Å². The number of nitrogens with zero attached hydrogens (tertiary/aromatic N) is 5. The van der Waals surface area contributed by atoms with Crippen LogP contribution < -0.4 is 5.69 Å². The van der Waals surface area contributed by atoms with E-state index < -0.39 is 23.3 Å². The molecule has 0 fully saturated rings. The molecule has 0 bridgehead atoms. The van der Waals surface area contributed by atoms with Crippen molar-refractivity contribution >= 4 is 11.4 Å². The van der Waals surface area contributed by atoms with Crippen LogP contribution in [0.1, 0.15) is 34.2 Å². The molecule has 0 spiro atoms. The molecule has 0 unspecified atom stereocenters. The Morgan fingerprint density at radius 3 is 2.30 bits per heavy atom. The molecule has 0 aliphatic rings. The third-order valence-corrected chi connectivity index (χ3v) is 6.01. The van der Waals surface area contributed by atoms with E-state index in [1.807, 2.05) is 49.4 Å². The molecule has 0 saturated heterocycles. The summed E-state index contributed by atoms with van der Waals surface area (Å²) in [5, 5.41) is 4.54. The number of rotatable bonds is 5. The number of ketones is 1. The van der Waals surface area contributed by atoms with Crippen molar-refractivity contribution in [3.63, 3.8) is 0 Å². The third-order valence-electron chi connectivity index (χ3n) is 6.01. The van der Waals surface area contributed by atoms with Crippen molar-refractivity contribution in [2.45, 2.75) is 26.6 Å². The van der Waals surface area contributed by atoms with Crippen LogP contribution in [0, 0.1) is 6.92 Å². The van der Waals surface area contributed by atoms with Crippen molar-refractivity contribution in [2.24, 2.45) is 0 Å². The largest absolute Gasteiger partial charge is 0.433 e. The Bertz CT molecular complexity index is 1690. The van der Waals surface area contributed by atoms with Crippen molar-refractivity contribution in [3.8, 4) is 22.3 Å². The summed E-state index contributed by atoms with van der Waals surface area (Å²) in [6.07, 6.45) is 0.187. The number of aryl methyl sites for hydroxylation is 1. The molecule has 0 aliphatic carbocycles. The molecule has 5 rings (SSSR count). The average molecular weight is 503 g/mol.